The summed E-state index contributed by atoms with van der Waals surface area (Å²) in [7, 11) is 0. The maximum absolute atomic E-state index is 6.39. The highest BCUT2D eigenvalue weighted by molar-refractivity contribution is 6.15. The van der Waals surface area contributed by atoms with Crippen molar-refractivity contribution >= 4 is 71.3 Å². The van der Waals surface area contributed by atoms with Crippen molar-refractivity contribution in [1.82, 2.24) is 0 Å². The molecule has 0 N–H and O–H groups in total. The molecule has 0 saturated carbocycles. The Balaban J connectivity index is 1.03. The molecular formula is C60H39NO. The van der Waals surface area contributed by atoms with E-state index in [-0.39, 0.29) is 0 Å². The Labute approximate surface area is 360 Å². The van der Waals surface area contributed by atoms with E-state index in [9.17, 15) is 0 Å². The van der Waals surface area contributed by atoms with Crippen molar-refractivity contribution in [2.45, 2.75) is 0 Å². The van der Waals surface area contributed by atoms with Crippen molar-refractivity contribution in [3.8, 4) is 44.5 Å². The molecule has 62 heavy (non-hydrogen) atoms. The second-order valence-corrected chi connectivity index (χ2v) is 16.1. The summed E-state index contributed by atoms with van der Waals surface area (Å²) in [6.45, 7) is 0. The molecule has 0 amide bonds. The van der Waals surface area contributed by atoms with Gasteiger partial charge in [-0.05, 0) is 144 Å². The van der Waals surface area contributed by atoms with Gasteiger partial charge in [0.2, 0.25) is 0 Å². The lowest BCUT2D eigenvalue weighted by Crippen LogP contribution is -2.10. The maximum Gasteiger partial charge on any atom is 0.136 e. The second-order valence-electron chi connectivity index (χ2n) is 16.1. The van der Waals surface area contributed by atoms with Crippen molar-refractivity contribution in [2.75, 3.05) is 4.90 Å². The Morgan fingerprint density at radius 1 is 0.242 bits per heavy atom. The molecule has 1 heterocycles. The minimum Gasteiger partial charge on any atom is -0.456 e. The van der Waals surface area contributed by atoms with Gasteiger partial charge in [-0.25, -0.2) is 0 Å². The van der Waals surface area contributed by atoms with Gasteiger partial charge in [0.25, 0.3) is 0 Å². The van der Waals surface area contributed by atoms with Crippen LogP contribution in [0.15, 0.2) is 241 Å². The Bertz CT molecular complexity index is 3650. The first-order chi connectivity index (χ1) is 30.7. The minimum absolute atomic E-state index is 0.891. The summed E-state index contributed by atoms with van der Waals surface area (Å²) in [6, 6.07) is 85.6. The molecule has 12 aromatic rings. The Kier molecular flexibility index (Phi) is 8.53. The van der Waals surface area contributed by atoms with Crippen LogP contribution in [0.4, 0.5) is 17.1 Å². The quantitative estimate of drug-likeness (QED) is 0.150. The van der Waals surface area contributed by atoms with Gasteiger partial charge in [-0.1, -0.05) is 170 Å². The first-order valence-corrected chi connectivity index (χ1v) is 21.2. The van der Waals surface area contributed by atoms with E-state index in [1.54, 1.807) is 0 Å². The first-order valence-electron chi connectivity index (χ1n) is 21.2. The van der Waals surface area contributed by atoms with Crippen molar-refractivity contribution in [3.63, 3.8) is 0 Å². The molecule has 1 aromatic heterocycles. The number of hydrogen-bond acceptors (Lipinski definition) is 2. The topological polar surface area (TPSA) is 16.4 Å². The Morgan fingerprint density at radius 2 is 0.823 bits per heavy atom. The number of benzene rings is 11. The van der Waals surface area contributed by atoms with Crippen LogP contribution in [0.25, 0.3) is 98.8 Å². The van der Waals surface area contributed by atoms with Crippen LogP contribution in [0.1, 0.15) is 0 Å². The van der Waals surface area contributed by atoms with Gasteiger partial charge in [0, 0.05) is 27.8 Å². The third-order valence-corrected chi connectivity index (χ3v) is 12.4. The standard InChI is InChI=1S/C60H39NO/c1-2-15-40(16-3-1)41-18-12-19-42(33-41)43-20-13-22-48(34-43)61(50-32-31-44-37-58-56-29-10-11-30-59(56)62-60(58)39-47(44)36-50)49-23-14-21-45(35-49)51-25-6-7-27-54(51)57-38-46-17-4-5-24-52(46)53-26-8-9-28-55(53)57/h1-39H. The number of anilines is 3. The van der Waals surface area contributed by atoms with Gasteiger partial charge in [0.15, 0.2) is 0 Å². The zero-order valence-electron chi connectivity index (χ0n) is 33.9. The Hall–Kier alpha value is -8.20. The minimum atomic E-state index is 0.891. The number of fused-ring (bicyclic) bond motifs is 7. The van der Waals surface area contributed by atoms with Gasteiger partial charge >= 0.3 is 0 Å². The summed E-state index contributed by atoms with van der Waals surface area (Å²) in [5.41, 5.74) is 14.5. The van der Waals surface area contributed by atoms with Gasteiger partial charge in [0.05, 0.1) is 0 Å². The number of furan rings is 1. The van der Waals surface area contributed by atoms with Crippen LogP contribution >= 0.6 is 0 Å². The molecule has 0 aliphatic carbocycles. The highest BCUT2D eigenvalue weighted by Gasteiger charge is 2.18. The molecule has 0 aliphatic heterocycles. The highest BCUT2D eigenvalue weighted by atomic mass is 16.3. The lowest BCUT2D eigenvalue weighted by atomic mass is 9.89. The Morgan fingerprint density at radius 3 is 1.65 bits per heavy atom. The fourth-order valence-electron chi connectivity index (χ4n) is 9.43. The van der Waals surface area contributed by atoms with E-state index in [4.69, 9.17) is 4.42 Å². The van der Waals surface area contributed by atoms with Crippen LogP contribution in [0.3, 0.4) is 0 Å². The monoisotopic (exact) mass is 789 g/mol. The third-order valence-electron chi connectivity index (χ3n) is 12.4. The zero-order valence-corrected chi connectivity index (χ0v) is 33.9. The molecular weight excluding hydrogens is 751 g/mol. The van der Waals surface area contributed by atoms with Crippen LogP contribution in [0.5, 0.6) is 0 Å². The molecule has 0 atom stereocenters. The van der Waals surface area contributed by atoms with Crippen LogP contribution in [0, 0.1) is 0 Å². The van der Waals surface area contributed by atoms with Gasteiger partial charge in [-0.15, -0.1) is 0 Å². The molecule has 11 aromatic carbocycles. The van der Waals surface area contributed by atoms with Crippen LogP contribution in [-0.4, -0.2) is 0 Å². The van der Waals surface area contributed by atoms with Crippen molar-refractivity contribution in [3.05, 3.63) is 237 Å². The lowest BCUT2D eigenvalue weighted by molar-refractivity contribution is 0.669. The molecule has 2 heteroatoms. The first kappa shape index (κ1) is 35.7. The van der Waals surface area contributed by atoms with Gasteiger partial charge in [0.1, 0.15) is 11.2 Å². The largest absolute Gasteiger partial charge is 0.456 e. The molecule has 0 fully saturated rings. The smallest absolute Gasteiger partial charge is 0.136 e. The summed E-state index contributed by atoms with van der Waals surface area (Å²) in [5.74, 6) is 0. The van der Waals surface area contributed by atoms with Crippen molar-refractivity contribution in [2.24, 2.45) is 0 Å². The number of para-hydroxylation sites is 1. The average molecular weight is 790 g/mol. The predicted molar refractivity (Wildman–Crippen MR) is 263 cm³/mol. The van der Waals surface area contributed by atoms with Crippen LogP contribution in [-0.2, 0) is 0 Å². The van der Waals surface area contributed by atoms with Crippen molar-refractivity contribution < 1.29 is 4.42 Å². The summed E-state index contributed by atoms with van der Waals surface area (Å²) >= 11 is 0. The molecule has 0 bridgehead atoms. The SMILES string of the molecule is c1ccc(-c2cccc(-c3cccc(N(c4cccc(-c5ccccc5-c5cc6ccccc6c6ccccc56)c4)c4ccc5cc6c(cc5c4)oc4ccccc46)c3)c2)cc1. The summed E-state index contributed by atoms with van der Waals surface area (Å²) < 4.78 is 6.39. The maximum atomic E-state index is 6.39. The second kappa shape index (κ2) is 14.8. The van der Waals surface area contributed by atoms with E-state index in [1.165, 1.54) is 60.3 Å². The molecule has 0 spiro atoms. The fourth-order valence-corrected chi connectivity index (χ4v) is 9.43. The summed E-state index contributed by atoms with van der Waals surface area (Å²) in [6.07, 6.45) is 0. The van der Waals surface area contributed by atoms with Crippen molar-refractivity contribution in [1.29, 1.82) is 0 Å². The van der Waals surface area contributed by atoms with E-state index in [1.807, 2.05) is 12.1 Å². The normalized spacial score (nSPS) is 11.5. The van der Waals surface area contributed by atoms with E-state index >= 15 is 0 Å². The summed E-state index contributed by atoms with van der Waals surface area (Å²) in [4.78, 5) is 2.39. The summed E-state index contributed by atoms with van der Waals surface area (Å²) in [5, 5.41) is 9.58. The molecule has 0 radical (unpaired) electrons. The van der Waals surface area contributed by atoms with E-state index in [0.717, 1.165) is 55.5 Å². The van der Waals surface area contributed by atoms with E-state index in [2.05, 4.69) is 229 Å². The molecule has 2 nitrogen and oxygen atoms in total. The molecule has 290 valence electrons. The molecule has 0 aliphatic rings. The fraction of sp³-hybridized carbons (Fsp3) is 0. The zero-order chi connectivity index (χ0) is 41.0. The van der Waals surface area contributed by atoms with Crippen LogP contribution < -0.4 is 4.90 Å². The van der Waals surface area contributed by atoms with Crippen LogP contribution in [0.2, 0.25) is 0 Å². The number of hydrogen-bond donors (Lipinski definition) is 0. The average Bonchev–Trinajstić information content (AvgIpc) is 3.71. The number of rotatable bonds is 7. The highest BCUT2D eigenvalue weighted by Crippen LogP contribution is 2.44. The lowest BCUT2D eigenvalue weighted by Gasteiger charge is -2.27. The molecule has 12 rings (SSSR count). The molecule has 0 saturated heterocycles. The number of nitrogens with zero attached hydrogens (tertiary/aromatic N) is 1. The predicted octanol–water partition coefficient (Wildman–Crippen LogP) is 17.2. The van der Waals surface area contributed by atoms with E-state index < -0.39 is 0 Å². The third kappa shape index (κ3) is 6.20. The van der Waals surface area contributed by atoms with Gasteiger partial charge in [-0.2, -0.15) is 0 Å². The van der Waals surface area contributed by atoms with Gasteiger partial charge in [-0.3, -0.25) is 0 Å². The molecule has 0 unspecified atom stereocenters. The van der Waals surface area contributed by atoms with E-state index in [0.29, 0.717) is 0 Å². The van der Waals surface area contributed by atoms with Gasteiger partial charge < -0.3 is 9.32 Å².